The minimum atomic E-state index is -0.684. The number of fused-ring (bicyclic) bond motifs is 1. The summed E-state index contributed by atoms with van der Waals surface area (Å²) in [6.07, 6.45) is 2.76. The molecule has 1 amide bonds. The van der Waals surface area contributed by atoms with Gasteiger partial charge in [-0.05, 0) is 23.3 Å². The molecule has 172 valence electrons. The van der Waals surface area contributed by atoms with E-state index >= 15 is 0 Å². The van der Waals surface area contributed by atoms with E-state index in [2.05, 4.69) is 4.98 Å². The summed E-state index contributed by atoms with van der Waals surface area (Å²) in [4.78, 5) is 32.7. The van der Waals surface area contributed by atoms with Crippen LogP contribution in [0.4, 0.5) is 0 Å². The van der Waals surface area contributed by atoms with E-state index in [9.17, 15) is 9.59 Å². The summed E-state index contributed by atoms with van der Waals surface area (Å²) >= 11 is 1.49. The number of aromatic nitrogens is 1. The van der Waals surface area contributed by atoms with E-state index in [0.717, 1.165) is 16.0 Å². The number of benzene rings is 2. The SMILES string of the molecule is NC1C(=O)N2C(C(=O)OC(c3ccccc3)c3ccccc3)=C(CSc3ccncc3)OCC12. The Hall–Kier alpha value is -3.62. The summed E-state index contributed by atoms with van der Waals surface area (Å²) in [6, 6.07) is 21.7. The fourth-order valence-electron chi connectivity index (χ4n) is 4.06. The molecule has 3 heterocycles. The van der Waals surface area contributed by atoms with Crippen LogP contribution in [0.15, 0.2) is 102 Å². The number of hydrogen-bond acceptors (Lipinski definition) is 7. The van der Waals surface area contributed by atoms with Crippen molar-refractivity contribution in [3.05, 3.63) is 108 Å². The monoisotopic (exact) mass is 473 g/mol. The Kier molecular flexibility index (Phi) is 6.33. The lowest BCUT2D eigenvalue weighted by Gasteiger charge is -2.48. The number of ether oxygens (including phenoxy) is 2. The maximum absolute atomic E-state index is 13.6. The molecule has 2 N–H and O–H groups in total. The van der Waals surface area contributed by atoms with Crippen molar-refractivity contribution in [3.63, 3.8) is 0 Å². The molecule has 2 atom stereocenters. The van der Waals surface area contributed by atoms with Gasteiger partial charge in [0.05, 0.1) is 11.8 Å². The standard InChI is InChI=1S/C26H23N3O4S/c27-22-20-15-32-21(16-34-19-11-13-28-14-12-19)23(29(20)25(22)30)26(31)33-24(17-7-3-1-4-8-17)18-9-5-2-6-10-18/h1-14,20,22,24H,15-16,27H2. The van der Waals surface area contributed by atoms with Gasteiger partial charge in [-0.3, -0.25) is 14.7 Å². The van der Waals surface area contributed by atoms with E-state index in [1.807, 2.05) is 72.8 Å². The molecule has 0 aliphatic carbocycles. The maximum atomic E-state index is 13.6. The van der Waals surface area contributed by atoms with Crippen LogP contribution in [0.5, 0.6) is 0 Å². The zero-order valence-corrected chi connectivity index (χ0v) is 19.1. The Morgan fingerprint density at radius 1 is 1.06 bits per heavy atom. The molecule has 1 fully saturated rings. The summed E-state index contributed by atoms with van der Waals surface area (Å²) in [6.45, 7) is 0.247. The van der Waals surface area contributed by atoms with Crippen molar-refractivity contribution in [2.75, 3.05) is 12.4 Å². The minimum absolute atomic E-state index is 0.126. The predicted octanol–water partition coefficient (Wildman–Crippen LogP) is 3.29. The first-order valence-electron chi connectivity index (χ1n) is 10.9. The molecule has 34 heavy (non-hydrogen) atoms. The number of esters is 1. The Labute approximate surface area is 201 Å². The van der Waals surface area contributed by atoms with Crippen molar-refractivity contribution >= 4 is 23.6 Å². The quantitative estimate of drug-likeness (QED) is 0.320. The number of hydrogen-bond donors (Lipinski definition) is 1. The molecule has 0 bridgehead atoms. The largest absolute Gasteiger partial charge is 0.492 e. The smallest absolute Gasteiger partial charge is 0.359 e. The molecular formula is C26H23N3O4S. The van der Waals surface area contributed by atoms with Gasteiger partial charge in [0, 0.05) is 17.3 Å². The highest BCUT2D eigenvalue weighted by atomic mass is 32.2. The summed E-state index contributed by atoms with van der Waals surface area (Å²) in [7, 11) is 0. The van der Waals surface area contributed by atoms with E-state index in [0.29, 0.717) is 11.5 Å². The zero-order chi connectivity index (χ0) is 23.5. The van der Waals surface area contributed by atoms with Crippen molar-refractivity contribution in [3.8, 4) is 0 Å². The first-order valence-corrected chi connectivity index (χ1v) is 11.9. The molecule has 1 saturated heterocycles. The Morgan fingerprint density at radius 3 is 2.29 bits per heavy atom. The number of carbonyl (C=O) groups is 2. The van der Waals surface area contributed by atoms with E-state index in [4.69, 9.17) is 15.2 Å². The fraction of sp³-hybridized carbons (Fsp3) is 0.192. The molecule has 2 aliphatic heterocycles. The number of nitrogens with two attached hydrogens (primary N) is 1. The average Bonchev–Trinajstić information content (AvgIpc) is 2.91. The molecular weight excluding hydrogens is 450 g/mol. The Balaban J connectivity index is 1.47. The predicted molar refractivity (Wildman–Crippen MR) is 127 cm³/mol. The van der Waals surface area contributed by atoms with Crippen LogP contribution >= 0.6 is 11.8 Å². The van der Waals surface area contributed by atoms with Gasteiger partial charge in [-0.2, -0.15) is 0 Å². The highest BCUT2D eigenvalue weighted by Crippen LogP contribution is 2.36. The Morgan fingerprint density at radius 2 is 1.68 bits per heavy atom. The zero-order valence-electron chi connectivity index (χ0n) is 18.2. The van der Waals surface area contributed by atoms with Gasteiger partial charge in [-0.15, -0.1) is 11.8 Å². The van der Waals surface area contributed by atoms with Gasteiger partial charge >= 0.3 is 5.97 Å². The van der Waals surface area contributed by atoms with Gasteiger partial charge in [0.2, 0.25) is 5.91 Å². The van der Waals surface area contributed by atoms with Crippen LogP contribution < -0.4 is 5.73 Å². The first kappa shape index (κ1) is 22.2. The van der Waals surface area contributed by atoms with E-state index in [1.54, 1.807) is 12.4 Å². The summed E-state index contributed by atoms with van der Waals surface area (Å²) < 4.78 is 12.0. The van der Waals surface area contributed by atoms with Crippen LogP contribution in [0.1, 0.15) is 17.2 Å². The third-order valence-corrected chi connectivity index (χ3v) is 6.86. The second-order valence-electron chi connectivity index (χ2n) is 7.96. The molecule has 0 spiro atoms. The van der Waals surface area contributed by atoms with Crippen molar-refractivity contribution < 1.29 is 19.1 Å². The minimum Gasteiger partial charge on any atom is -0.492 e. The number of thioether (sulfide) groups is 1. The molecule has 5 rings (SSSR count). The van der Waals surface area contributed by atoms with E-state index in [-0.39, 0.29) is 24.3 Å². The van der Waals surface area contributed by atoms with Crippen LogP contribution in [0, 0.1) is 0 Å². The first-order chi connectivity index (χ1) is 16.6. The van der Waals surface area contributed by atoms with Gasteiger partial charge in [0.15, 0.2) is 11.8 Å². The van der Waals surface area contributed by atoms with Crippen LogP contribution in [0.3, 0.4) is 0 Å². The fourth-order valence-corrected chi connectivity index (χ4v) is 4.89. The highest BCUT2D eigenvalue weighted by Gasteiger charge is 2.53. The van der Waals surface area contributed by atoms with Crippen molar-refractivity contribution in [1.82, 2.24) is 9.88 Å². The third kappa shape index (κ3) is 4.30. The molecule has 2 aromatic carbocycles. The number of rotatable bonds is 7. The normalized spacial score (nSPS) is 19.4. The molecule has 0 saturated carbocycles. The second-order valence-corrected chi connectivity index (χ2v) is 9.01. The number of nitrogens with zero attached hydrogens (tertiary/aromatic N) is 2. The highest BCUT2D eigenvalue weighted by molar-refractivity contribution is 7.99. The topological polar surface area (TPSA) is 94.8 Å². The second kappa shape index (κ2) is 9.70. The van der Waals surface area contributed by atoms with Gasteiger partial charge in [-0.1, -0.05) is 60.7 Å². The number of pyridine rings is 1. The molecule has 2 aliphatic rings. The maximum Gasteiger partial charge on any atom is 0.359 e. The van der Waals surface area contributed by atoms with Crippen molar-refractivity contribution in [2.45, 2.75) is 23.1 Å². The summed E-state index contributed by atoms with van der Waals surface area (Å²) in [5.41, 5.74) is 7.76. The van der Waals surface area contributed by atoms with E-state index in [1.165, 1.54) is 16.7 Å². The lowest BCUT2D eigenvalue weighted by Crippen LogP contribution is -2.71. The third-order valence-electron chi connectivity index (χ3n) is 5.84. The lowest BCUT2D eigenvalue weighted by atomic mass is 9.93. The molecule has 1 aromatic heterocycles. The number of β-lactam (4-membered cyclic amide) rings is 1. The molecule has 3 aromatic rings. The molecule has 7 nitrogen and oxygen atoms in total. The van der Waals surface area contributed by atoms with Gasteiger partial charge in [-0.25, -0.2) is 4.79 Å². The van der Waals surface area contributed by atoms with Crippen LogP contribution in [0.2, 0.25) is 0 Å². The average molecular weight is 474 g/mol. The van der Waals surface area contributed by atoms with Gasteiger partial charge in [0.1, 0.15) is 18.4 Å². The van der Waals surface area contributed by atoms with Crippen LogP contribution in [-0.4, -0.2) is 46.2 Å². The summed E-state index contributed by atoms with van der Waals surface area (Å²) in [5, 5.41) is 0. The molecule has 2 unspecified atom stereocenters. The van der Waals surface area contributed by atoms with Crippen LogP contribution in [0.25, 0.3) is 0 Å². The van der Waals surface area contributed by atoms with Gasteiger partial charge in [0.25, 0.3) is 0 Å². The molecule has 0 radical (unpaired) electrons. The van der Waals surface area contributed by atoms with Gasteiger partial charge < -0.3 is 15.2 Å². The van der Waals surface area contributed by atoms with Crippen molar-refractivity contribution in [2.24, 2.45) is 5.73 Å². The lowest BCUT2D eigenvalue weighted by molar-refractivity contribution is -0.160. The number of carbonyl (C=O) groups excluding carboxylic acids is 2. The van der Waals surface area contributed by atoms with Crippen molar-refractivity contribution in [1.29, 1.82) is 0 Å². The molecule has 8 heteroatoms. The van der Waals surface area contributed by atoms with E-state index < -0.39 is 18.1 Å². The Bertz CT molecular complexity index is 1160. The van der Waals surface area contributed by atoms with Crippen LogP contribution in [-0.2, 0) is 19.1 Å². The number of amides is 1. The summed E-state index contributed by atoms with van der Waals surface area (Å²) in [5.74, 6) is -0.152.